The molecule has 3 aromatic rings. The Morgan fingerprint density at radius 3 is 2.57 bits per heavy atom. The number of hydrogen-bond acceptors (Lipinski definition) is 5. The van der Waals surface area contributed by atoms with Crippen LogP contribution >= 0.6 is 0 Å². The molecule has 0 spiro atoms. The van der Waals surface area contributed by atoms with Crippen LogP contribution in [0.5, 0.6) is 11.5 Å². The molecule has 144 valence electrons. The van der Waals surface area contributed by atoms with E-state index in [1.165, 1.54) is 18.2 Å². The summed E-state index contributed by atoms with van der Waals surface area (Å²) in [7, 11) is 0. The maximum atomic E-state index is 12.8. The Kier molecular flexibility index (Phi) is 4.42. The van der Waals surface area contributed by atoms with Crippen molar-refractivity contribution >= 4 is 11.6 Å². The van der Waals surface area contributed by atoms with Gasteiger partial charge in [0.15, 0.2) is 23.0 Å². The average molecular weight is 390 g/mol. The number of aromatic nitrogens is 1. The molecule has 1 aliphatic rings. The topological polar surface area (TPSA) is 73.6 Å². The van der Waals surface area contributed by atoms with Crippen molar-refractivity contribution in [3.63, 3.8) is 0 Å². The maximum absolute atomic E-state index is 12.8. The lowest BCUT2D eigenvalue weighted by atomic mass is 10.1. The number of hydrogen-bond donors (Lipinski definition) is 1. The zero-order valence-corrected chi connectivity index (χ0v) is 14.2. The number of ether oxygens (including phenoxy) is 2. The Morgan fingerprint density at radius 1 is 1.00 bits per heavy atom. The van der Waals surface area contributed by atoms with Crippen LogP contribution in [0.25, 0.3) is 11.3 Å². The van der Waals surface area contributed by atoms with Crippen molar-refractivity contribution in [1.29, 1.82) is 0 Å². The van der Waals surface area contributed by atoms with Crippen LogP contribution in [0.2, 0.25) is 0 Å². The maximum Gasteiger partial charge on any atom is 0.416 e. The van der Waals surface area contributed by atoms with Crippen molar-refractivity contribution in [2.75, 3.05) is 18.5 Å². The fourth-order valence-electron chi connectivity index (χ4n) is 2.68. The summed E-state index contributed by atoms with van der Waals surface area (Å²) in [6.45, 7) is 0.895. The second-order valence-electron chi connectivity index (χ2n) is 5.97. The van der Waals surface area contributed by atoms with Gasteiger partial charge in [0.2, 0.25) is 0 Å². The Labute approximate surface area is 156 Å². The van der Waals surface area contributed by atoms with Gasteiger partial charge in [0, 0.05) is 17.3 Å². The van der Waals surface area contributed by atoms with E-state index in [2.05, 4.69) is 10.5 Å². The lowest BCUT2D eigenvalue weighted by Gasteiger charge is -2.18. The van der Waals surface area contributed by atoms with Gasteiger partial charge in [-0.2, -0.15) is 13.2 Å². The third-order valence-corrected chi connectivity index (χ3v) is 4.02. The molecule has 1 N–H and O–H groups in total. The number of nitrogens with one attached hydrogen (secondary N) is 1. The highest BCUT2D eigenvalue weighted by Gasteiger charge is 2.30. The van der Waals surface area contributed by atoms with E-state index < -0.39 is 17.6 Å². The zero-order chi connectivity index (χ0) is 19.7. The fraction of sp³-hybridized carbons (Fsp3) is 0.158. The molecule has 1 aromatic heterocycles. The second-order valence-corrected chi connectivity index (χ2v) is 5.97. The molecule has 4 rings (SSSR count). The van der Waals surface area contributed by atoms with E-state index in [1.54, 1.807) is 18.2 Å². The number of benzene rings is 2. The van der Waals surface area contributed by atoms with Gasteiger partial charge in [-0.25, -0.2) is 0 Å². The highest BCUT2D eigenvalue weighted by atomic mass is 19.4. The number of halogens is 3. The molecule has 1 amide bonds. The van der Waals surface area contributed by atoms with Crippen LogP contribution in [-0.2, 0) is 6.18 Å². The van der Waals surface area contributed by atoms with Crippen LogP contribution in [0, 0.1) is 0 Å². The molecule has 1 aliphatic heterocycles. The number of rotatable bonds is 3. The number of nitrogens with zero attached hydrogens (tertiary/aromatic N) is 1. The highest BCUT2D eigenvalue weighted by Crippen LogP contribution is 2.35. The van der Waals surface area contributed by atoms with Gasteiger partial charge in [-0.1, -0.05) is 11.2 Å². The molecule has 0 unspecified atom stereocenters. The van der Waals surface area contributed by atoms with Crippen LogP contribution in [0.4, 0.5) is 18.9 Å². The molecule has 2 heterocycles. The summed E-state index contributed by atoms with van der Waals surface area (Å²) in [5, 5.41) is 6.07. The molecule has 0 saturated heterocycles. The Balaban J connectivity index is 1.52. The first-order valence-corrected chi connectivity index (χ1v) is 8.25. The number of fused-ring (bicyclic) bond motifs is 1. The molecule has 0 saturated carbocycles. The quantitative estimate of drug-likeness (QED) is 0.718. The first-order valence-electron chi connectivity index (χ1n) is 8.25. The Hall–Kier alpha value is -3.49. The van der Waals surface area contributed by atoms with Gasteiger partial charge in [-0.05, 0) is 36.4 Å². The summed E-state index contributed by atoms with van der Waals surface area (Å²) in [6, 6.07) is 10.9. The molecule has 2 aromatic carbocycles. The molecule has 0 radical (unpaired) electrons. The lowest BCUT2D eigenvalue weighted by Crippen LogP contribution is -2.15. The van der Waals surface area contributed by atoms with Gasteiger partial charge in [-0.3, -0.25) is 4.79 Å². The van der Waals surface area contributed by atoms with E-state index >= 15 is 0 Å². The average Bonchev–Trinajstić information content (AvgIpc) is 3.17. The van der Waals surface area contributed by atoms with Crippen LogP contribution in [-0.4, -0.2) is 24.3 Å². The van der Waals surface area contributed by atoms with E-state index in [-0.39, 0.29) is 11.4 Å². The number of amides is 1. The third kappa shape index (κ3) is 3.64. The summed E-state index contributed by atoms with van der Waals surface area (Å²) in [5.74, 6) is 0.783. The van der Waals surface area contributed by atoms with Crippen molar-refractivity contribution in [3.05, 3.63) is 59.8 Å². The SMILES string of the molecule is O=C(Nc1cccc(C(F)(F)F)c1)c1cc(-c2ccc3c(c2)OCCO3)on1. The van der Waals surface area contributed by atoms with E-state index in [1.807, 2.05) is 0 Å². The minimum atomic E-state index is -4.50. The first kappa shape index (κ1) is 17.9. The molecular weight excluding hydrogens is 377 g/mol. The van der Waals surface area contributed by atoms with Crippen molar-refractivity contribution in [3.8, 4) is 22.8 Å². The van der Waals surface area contributed by atoms with Gasteiger partial charge in [-0.15, -0.1) is 0 Å². The third-order valence-electron chi connectivity index (χ3n) is 4.02. The van der Waals surface area contributed by atoms with Crippen LogP contribution in [0.1, 0.15) is 16.1 Å². The van der Waals surface area contributed by atoms with Gasteiger partial charge < -0.3 is 19.3 Å². The van der Waals surface area contributed by atoms with Crippen molar-refractivity contribution in [1.82, 2.24) is 5.16 Å². The Morgan fingerprint density at radius 2 is 1.79 bits per heavy atom. The van der Waals surface area contributed by atoms with E-state index in [9.17, 15) is 18.0 Å². The lowest BCUT2D eigenvalue weighted by molar-refractivity contribution is -0.137. The molecule has 0 atom stereocenters. The molecule has 9 heteroatoms. The number of alkyl halides is 3. The van der Waals surface area contributed by atoms with E-state index in [4.69, 9.17) is 14.0 Å². The van der Waals surface area contributed by atoms with E-state index in [0.29, 0.717) is 36.0 Å². The van der Waals surface area contributed by atoms with Gasteiger partial charge in [0.05, 0.1) is 5.56 Å². The molecule has 0 aliphatic carbocycles. The summed E-state index contributed by atoms with van der Waals surface area (Å²) in [4.78, 5) is 12.3. The predicted octanol–water partition coefficient (Wildman–Crippen LogP) is 4.38. The van der Waals surface area contributed by atoms with Gasteiger partial charge in [0.1, 0.15) is 13.2 Å². The predicted molar refractivity (Wildman–Crippen MR) is 92.3 cm³/mol. The number of anilines is 1. The molecule has 0 bridgehead atoms. The Bertz CT molecular complexity index is 1030. The summed E-state index contributed by atoms with van der Waals surface area (Å²) in [6.07, 6.45) is -4.50. The van der Waals surface area contributed by atoms with Crippen LogP contribution in [0.3, 0.4) is 0 Å². The molecular formula is C19H13F3N2O4. The summed E-state index contributed by atoms with van der Waals surface area (Å²) < 4.78 is 54.5. The first-order chi connectivity index (χ1) is 13.4. The van der Waals surface area contributed by atoms with Crippen molar-refractivity contribution < 1.29 is 32.0 Å². The summed E-state index contributed by atoms with van der Waals surface area (Å²) in [5.41, 5.74) is -0.303. The molecule has 6 nitrogen and oxygen atoms in total. The molecule has 0 fully saturated rings. The fourth-order valence-corrected chi connectivity index (χ4v) is 2.68. The molecule has 28 heavy (non-hydrogen) atoms. The normalized spacial score (nSPS) is 13.2. The van der Waals surface area contributed by atoms with Crippen LogP contribution < -0.4 is 14.8 Å². The summed E-state index contributed by atoms with van der Waals surface area (Å²) >= 11 is 0. The van der Waals surface area contributed by atoms with Crippen LogP contribution in [0.15, 0.2) is 53.1 Å². The van der Waals surface area contributed by atoms with Crippen molar-refractivity contribution in [2.45, 2.75) is 6.18 Å². The number of carbonyl (C=O) groups is 1. The number of carbonyl (C=O) groups excluding carboxylic acids is 1. The largest absolute Gasteiger partial charge is 0.486 e. The van der Waals surface area contributed by atoms with Crippen molar-refractivity contribution in [2.24, 2.45) is 0 Å². The zero-order valence-electron chi connectivity index (χ0n) is 14.2. The van der Waals surface area contributed by atoms with Gasteiger partial charge in [0.25, 0.3) is 5.91 Å². The monoisotopic (exact) mass is 390 g/mol. The van der Waals surface area contributed by atoms with E-state index in [0.717, 1.165) is 12.1 Å². The standard InChI is InChI=1S/C19H13F3N2O4/c20-19(21,22)12-2-1-3-13(9-12)23-18(25)14-10-16(28-24-14)11-4-5-15-17(8-11)27-7-6-26-15/h1-5,8-10H,6-7H2,(H,23,25). The minimum Gasteiger partial charge on any atom is -0.486 e. The second kappa shape index (κ2) is 6.91. The van der Waals surface area contributed by atoms with Gasteiger partial charge >= 0.3 is 6.18 Å². The minimum absolute atomic E-state index is 0.00343. The smallest absolute Gasteiger partial charge is 0.416 e. The highest BCUT2D eigenvalue weighted by molar-refractivity contribution is 6.03.